The van der Waals surface area contributed by atoms with Gasteiger partial charge in [0, 0.05) is 31.3 Å². The van der Waals surface area contributed by atoms with E-state index >= 15 is 0 Å². The van der Waals surface area contributed by atoms with Gasteiger partial charge in [-0.2, -0.15) is 0 Å². The first kappa shape index (κ1) is 12.4. The number of anilines is 1. The number of carbonyl (C=O) groups is 1. The zero-order valence-corrected chi connectivity index (χ0v) is 10.9. The summed E-state index contributed by atoms with van der Waals surface area (Å²) in [5.41, 5.74) is 0. The zero-order valence-electron chi connectivity index (χ0n) is 10.9. The number of amides is 2. The van der Waals surface area contributed by atoms with Crippen LogP contribution in [0.15, 0.2) is 24.4 Å². The number of rotatable bonds is 4. The first-order chi connectivity index (χ1) is 9.33. The maximum absolute atomic E-state index is 12.3. The van der Waals surface area contributed by atoms with E-state index in [1.54, 1.807) is 6.20 Å². The maximum atomic E-state index is 12.3. The topological polar surface area (TPSA) is 54.5 Å². The van der Waals surface area contributed by atoms with Crippen molar-refractivity contribution in [2.75, 3.05) is 25.1 Å². The number of ether oxygens (including phenoxy) is 1. The molecule has 0 radical (unpaired) electrons. The molecule has 2 amide bonds. The molecule has 2 fully saturated rings. The van der Waals surface area contributed by atoms with Crippen molar-refractivity contribution in [1.29, 1.82) is 0 Å². The minimum Gasteiger partial charge on any atom is -0.381 e. The summed E-state index contributed by atoms with van der Waals surface area (Å²) in [7, 11) is 0. The molecule has 0 bridgehead atoms. The van der Waals surface area contributed by atoms with Crippen molar-refractivity contribution in [2.24, 2.45) is 5.92 Å². The van der Waals surface area contributed by atoms with Gasteiger partial charge in [-0.1, -0.05) is 6.07 Å². The number of nitrogens with zero attached hydrogens (tertiary/aromatic N) is 2. The lowest BCUT2D eigenvalue weighted by Crippen LogP contribution is -2.40. The molecule has 3 rings (SSSR count). The van der Waals surface area contributed by atoms with Crippen LogP contribution < -0.4 is 5.32 Å². The van der Waals surface area contributed by atoms with Crippen LogP contribution in [0.4, 0.5) is 10.6 Å². The molecular weight excluding hydrogens is 242 g/mol. The number of urea groups is 1. The number of hydrogen-bond acceptors (Lipinski definition) is 3. The molecule has 2 aliphatic rings. The Morgan fingerprint density at radius 1 is 1.42 bits per heavy atom. The molecular formula is C14H19N3O2. The fourth-order valence-electron chi connectivity index (χ4n) is 2.41. The summed E-state index contributed by atoms with van der Waals surface area (Å²) in [6, 6.07) is 5.89. The highest BCUT2D eigenvalue weighted by molar-refractivity contribution is 5.88. The van der Waals surface area contributed by atoms with E-state index in [2.05, 4.69) is 10.3 Å². The molecule has 1 aromatic rings. The summed E-state index contributed by atoms with van der Waals surface area (Å²) in [6.07, 6.45) is 4.97. The highest BCUT2D eigenvalue weighted by Crippen LogP contribution is 2.29. The molecule has 0 unspecified atom stereocenters. The minimum atomic E-state index is -0.0342. The number of hydrogen-bond donors (Lipinski definition) is 1. The SMILES string of the molecule is O=C(Nc1ccccn1)N(C[C@H]1CCOC1)C1CC1. The van der Waals surface area contributed by atoms with Crippen molar-refractivity contribution < 1.29 is 9.53 Å². The Morgan fingerprint density at radius 2 is 2.32 bits per heavy atom. The quantitative estimate of drug-likeness (QED) is 0.903. The third-order valence-electron chi connectivity index (χ3n) is 3.63. The Kier molecular flexibility index (Phi) is 3.64. The van der Waals surface area contributed by atoms with Crippen LogP contribution in [-0.2, 0) is 4.74 Å². The second-order valence-electron chi connectivity index (χ2n) is 5.26. The molecule has 5 heteroatoms. The predicted octanol–water partition coefficient (Wildman–Crippen LogP) is 2.11. The summed E-state index contributed by atoms with van der Waals surface area (Å²) < 4.78 is 5.39. The average molecular weight is 261 g/mol. The van der Waals surface area contributed by atoms with Gasteiger partial charge in [0.1, 0.15) is 5.82 Å². The molecule has 0 spiro atoms. The summed E-state index contributed by atoms with van der Waals surface area (Å²) in [4.78, 5) is 18.4. The van der Waals surface area contributed by atoms with Crippen LogP contribution in [-0.4, -0.2) is 41.7 Å². The van der Waals surface area contributed by atoms with Gasteiger partial charge in [-0.15, -0.1) is 0 Å². The van der Waals surface area contributed by atoms with Gasteiger partial charge in [-0.3, -0.25) is 5.32 Å². The number of pyridine rings is 1. The molecule has 2 heterocycles. The normalized spacial score (nSPS) is 22.2. The van der Waals surface area contributed by atoms with Crippen LogP contribution in [0.2, 0.25) is 0 Å². The molecule has 1 saturated carbocycles. The lowest BCUT2D eigenvalue weighted by atomic mass is 10.1. The van der Waals surface area contributed by atoms with Gasteiger partial charge < -0.3 is 9.64 Å². The summed E-state index contributed by atoms with van der Waals surface area (Å²) in [5.74, 6) is 1.09. The van der Waals surface area contributed by atoms with E-state index in [9.17, 15) is 4.79 Å². The first-order valence-electron chi connectivity index (χ1n) is 6.89. The smallest absolute Gasteiger partial charge is 0.323 e. The van der Waals surface area contributed by atoms with Gasteiger partial charge in [0.05, 0.1) is 6.61 Å². The number of nitrogens with one attached hydrogen (secondary N) is 1. The Balaban J connectivity index is 1.61. The molecule has 0 aromatic carbocycles. The van der Waals surface area contributed by atoms with E-state index in [0.717, 1.165) is 39.0 Å². The van der Waals surface area contributed by atoms with Crippen molar-refractivity contribution in [3.05, 3.63) is 24.4 Å². The molecule has 102 valence electrons. The van der Waals surface area contributed by atoms with E-state index in [4.69, 9.17) is 4.74 Å². The average Bonchev–Trinajstić information content (AvgIpc) is 3.14. The molecule has 1 aliphatic carbocycles. The molecule has 1 atom stereocenters. The molecule has 5 nitrogen and oxygen atoms in total. The van der Waals surface area contributed by atoms with Crippen LogP contribution in [0, 0.1) is 5.92 Å². The van der Waals surface area contributed by atoms with Crippen molar-refractivity contribution in [1.82, 2.24) is 9.88 Å². The van der Waals surface area contributed by atoms with Crippen LogP contribution in [0.5, 0.6) is 0 Å². The second-order valence-corrected chi connectivity index (χ2v) is 5.26. The Labute approximate surface area is 113 Å². The lowest BCUT2D eigenvalue weighted by Gasteiger charge is -2.25. The molecule has 1 aromatic heterocycles. The third kappa shape index (κ3) is 3.23. The molecule has 19 heavy (non-hydrogen) atoms. The molecule has 1 N–H and O–H groups in total. The maximum Gasteiger partial charge on any atom is 0.323 e. The van der Waals surface area contributed by atoms with Gasteiger partial charge in [-0.05, 0) is 31.4 Å². The Hall–Kier alpha value is -1.62. The summed E-state index contributed by atoms with van der Waals surface area (Å²) in [6.45, 7) is 2.40. The number of aromatic nitrogens is 1. The van der Waals surface area contributed by atoms with Crippen LogP contribution in [0.25, 0.3) is 0 Å². The van der Waals surface area contributed by atoms with Gasteiger partial charge in [-0.25, -0.2) is 9.78 Å². The van der Waals surface area contributed by atoms with Gasteiger partial charge in [0.2, 0.25) is 0 Å². The lowest BCUT2D eigenvalue weighted by molar-refractivity contribution is 0.167. The highest BCUT2D eigenvalue weighted by Gasteiger charge is 2.34. The van der Waals surface area contributed by atoms with Gasteiger partial charge in [0.25, 0.3) is 0 Å². The summed E-state index contributed by atoms with van der Waals surface area (Å²) >= 11 is 0. The highest BCUT2D eigenvalue weighted by atomic mass is 16.5. The fourth-order valence-corrected chi connectivity index (χ4v) is 2.41. The monoisotopic (exact) mass is 261 g/mol. The van der Waals surface area contributed by atoms with Gasteiger partial charge in [0.15, 0.2) is 0 Å². The van der Waals surface area contributed by atoms with E-state index in [1.807, 2.05) is 23.1 Å². The van der Waals surface area contributed by atoms with Crippen LogP contribution in [0.3, 0.4) is 0 Å². The fraction of sp³-hybridized carbons (Fsp3) is 0.571. The van der Waals surface area contributed by atoms with Crippen molar-refractivity contribution in [3.63, 3.8) is 0 Å². The van der Waals surface area contributed by atoms with Crippen LogP contribution >= 0.6 is 0 Å². The molecule has 1 saturated heterocycles. The van der Waals surface area contributed by atoms with Crippen molar-refractivity contribution in [2.45, 2.75) is 25.3 Å². The second kappa shape index (κ2) is 5.57. The minimum absolute atomic E-state index is 0.0342. The van der Waals surface area contributed by atoms with Crippen molar-refractivity contribution >= 4 is 11.8 Å². The van der Waals surface area contributed by atoms with Crippen molar-refractivity contribution in [3.8, 4) is 0 Å². The van der Waals surface area contributed by atoms with E-state index in [0.29, 0.717) is 17.8 Å². The Bertz CT molecular complexity index is 428. The third-order valence-corrected chi connectivity index (χ3v) is 3.63. The Morgan fingerprint density at radius 3 is 2.95 bits per heavy atom. The summed E-state index contributed by atoms with van der Waals surface area (Å²) in [5, 5.41) is 2.87. The van der Waals surface area contributed by atoms with E-state index in [1.165, 1.54) is 0 Å². The predicted molar refractivity (Wildman–Crippen MR) is 71.9 cm³/mol. The van der Waals surface area contributed by atoms with Gasteiger partial charge >= 0.3 is 6.03 Å². The number of carbonyl (C=O) groups excluding carboxylic acids is 1. The first-order valence-corrected chi connectivity index (χ1v) is 6.89. The zero-order chi connectivity index (χ0) is 13.1. The van der Waals surface area contributed by atoms with E-state index in [-0.39, 0.29) is 6.03 Å². The standard InChI is InChI=1S/C14H19N3O2/c18-14(16-13-3-1-2-7-15-13)17(12-4-5-12)9-11-6-8-19-10-11/h1-3,7,11-12H,4-6,8-10H2,(H,15,16,18)/t11-/m1/s1. The van der Waals surface area contributed by atoms with E-state index < -0.39 is 0 Å². The van der Waals surface area contributed by atoms with Crippen LogP contribution in [0.1, 0.15) is 19.3 Å². The largest absolute Gasteiger partial charge is 0.381 e. The molecule has 1 aliphatic heterocycles.